The highest BCUT2D eigenvalue weighted by Gasteiger charge is 2.36. The lowest BCUT2D eigenvalue weighted by Gasteiger charge is -2.35. The first-order valence-electron chi connectivity index (χ1n) is 6.91. The van der Waals surface area contributed by atoms with Gasteiger partial charge in [-0.3, -0.25) is 10.1 Å². The average Bonchev–Trinajstić information content (AvgIpc) is 2.95. The summed E-state index contributed by atoms with van der Waals surface area (Å²) in [5.41, 5.74) is 1.09. The summed E-state index contributed by atoms with van der Waals surface area (Å²) in [4.78, 5) is 27.6. The molecule has 1 aromatic heterocycles. The van der Waals surface area contributed by atoms with Gasteiger partial charge in [0.15, 0.2) is 0 Å². The van der Waals surface area contributed by atoms with Crippen LogP contribution in [0.15, 0.2) is 22.7 Å². The van der Waals surface area contributed by atoms with Gasteiger partial charge in [-0.2, -0.15) is 4.98 Å². The molecule has 0 radical (unpaired) electrons. The van der Waals surface area contributed by atoms with E-state index in [0.717, 1.165) is 0 Å². The summed E-state index contributed by atoms with van der Waals surface area (Å²) < 4.78 is 9.82. The number of aryl methyl sites for hydroxylation is 1. The highest BCUT2D eigenvalue weighted by molar-refractivity contribution is 5.68. The molecule has 9 heteroatoms. The lowest BCUT2D eigenvalue weighted by Crippen LogP contribution is -2.48. The molecule has 1 aromatic carbocycles. The van der Waals surface area contributed by atoms with E-state index < -0.39 is 11.0 Å². The van der Waals surface area contributed by atoms with Crippen LogP contribution in [0.2, 0.25) is 0 Å². The Morgan fingerprint density at radius 1 is 1.48 bits per heavy atom. The average molecular weight is 318 g/mol. The molecule has 0 spiro atoms. The summed E-state index contributed by atoms with van der Waals surface area (Å²) in [5.74, 6) is 0.652. The van der Waals surface area contributed by atoms with Gasteiger partial charge in [0.25, 0.3) is 5.69 Å². The number of methoxy groups -OCH3 is 1. The Labute approximate surface area is 131 Å². The van der Waals surface area contributed by atoms with E-state index in [4.69, 9.17) is 4.52 Å². The van der Waals surface area contributed by atoms with Crippen LogP contribution < -0.4 is 0 Å². The summed E-state index contributed by atoms with van der Waals surface area (Å²) >= 11 is 0. The van der Waals surface area contributed by atoms with Crippen LogP contribution in [-0.4, -0.2) is 46.3 Å². The van der Waals surface area contributed by atoms with Gasteiger partial charge in [0.1, 0.15) is 0 Å². The summed E-state index contributed by atoms with van der Waals surface area (Å²) in [5, 5.41) is 14.9. The molecule has 120 valence electrons. The Hall–Kier alpha value is -2.97. The fraction of sp³-hybridized carbons (Fsp3) is 0.357. The number of likely N-dealkylation sites (tertiary alicyclic amines) is 1. The van der Waals surface area contributed by atoms with Crippen molar-refractivity contribution in [3.63, 3.8) is 0 Å². The molecule has 0 atom stereocenters. The molecule has 0 N–H and O–H groups in total. The molecule has 1 amide bonds. The fourth-order valence-electron chi connectivity index (χ4n) is 2.38. The van der Waals surface area contributed by atoms with Gasteiger partial charge in [-0.1, -0.05) is 17.3 Å². The van der Waals surface area contributed by atoms with Crippen molar-refractivity contribution in [2.45, 2.75) is 12.8 Å². The van der Waals surface area contributed by atoms with Crippen LogP contribution in [0.1, 0.15) is 17.4 Å². The number of rotatable bonds is 3. The highest BCUT2D eigenvalue weighted by Crippen LogP contribution is 2.29. The lowest BCUT2D eigenvalue weighted by molar-refractivity contribution is -0.385. The molecule has 0 unspecified atom stereocenters. The minimum Gasteiger partial charge on any atom is -0.453 e. The van der Waals surface area contributed by atoms with Crippen LogP contribution in [0.3, 0.4) is 0 Å². The largest absolute Gasteiger partial charge is 0.453 e. The van der Waals surface area contributed by atoms with Crippen molar-refractivity contribution < 1.29 is 19.0 Å². The number of carbonyl (C=O) groups is 1. The van der Waals surface area contributed by atoms with Crippen LogP contribution in [0.5, 0.6) is 0 Å². The molecule has 2 heterocycles. The molecule has 1 saturated heterocycles. The standard InChI is InChI=1S/C14H14N4O5/c1-8-3-4-9(5-11(8)18(20)21)12-15-13(23-16-12)10-6-17(7-10)14(19)22-2/h3-5,10H,6-7H2,1-2H3. The van der Waals surface area contributed by atoms with Gasteiger partial charge in [-0.25, -0.2) is 4.79 Å². The Balaban J connectivity index is 1.77. The highest BCUT2D eigenvalue weighted by atomic mass is 16.6. The van der Waals surface area contributed by atoms with Gasteiger partial charge in [0.05, 0.1) is 18.0 Å². The second kappa shape index (κ2) is 5.67. The van der Waals surface area contributed by atoms with Crippen LogP contribution >= 0.6 is 0 Å². The first-order valence-corrected chi connectivity index (χ1v) is 6.91. The van der Waals surface area contributed by atoms with Gasteiger partial charge in [0.2, 0.25) is 11.7 Å². The van der Waals surface area contributed by atoms with Crippen LogP contribution in [-0.2, 0) is 4.74 Å². The van der Waals surface area contributed by atoms with Gasteiger partial charge in [0, 0.05) is 30.3 Å². The zero-order valence-corrected chi connectivity index (χ0v) is 12.6. The fourth-order valence-corrected chi connectivity index (χ4v) is 2.38. The van der Waals surface area contributed by atoms with Crippen molar-refractivity contribution in [2.75, 3.05) is 20.2 Å². The minimum atomic E-state index is -0.444. The van der Waals surface area contributed by atoms with Gasteiger partial charge in [-0.05, 0) is 6.92 Å². The van der Waals surface area contributed by atoms with Crippen molar-refractivity contribution in [1.29, 1.82) is 0 Å². The van der Waals surface area contributed by atoms with Crippen LogP contribution in [0.25, 0.3) is 11.4 Å². The molecule has 0 aliphatic carbocycles. The second-order valence-electron chi connectivity index (χ2n) is 5.29. The topological polar surface area (TPSA) is 112 Å². The number of nitro groups is 1. The van der Waals surface area contributed by atoms with Crippen molar-refractivity contribution in [2.24, 2.45) is 0 Å². The number of amides is 1. The van der Waals surface area contributed by atoms with E-state index in [9.17, 15) is 14.9 Å². The molecular formula is C14H14N4O5. The molecule has 1 aliphatic heterocycles. The zero-order chi connectivity index (χ0) is 16.6. The molecule has 2 aromatic rings. The summed E-state index contributed by atoms with van der Waals surface area (Å²) in [7, 11) is 1.32. The van der Waals surface area contributed by atoms with E-state index in [2.05, 4.69) is 14.9 Å². The van der Waals surface area contributed by atoms with E-state index >= 15 is 0 Å². The summed E-state index contributed by atoms with van der Waals surface area (Å²) in [6.45, 7) is 2.56. The SMILES string of the molecule is COC(=O)N1CC(c2nc(-c3ccc(C)c([N+](=O)[O-])c3)no2)C1. The predicted molar refractivity (Wildman–Crippen MR) is 77.8 cm³/mol. The van der Waals surface area contributed by atoms with E-state index in [1.54, 1.807) is 19.1 Å². The van der Waals surface area contributed by atoms with Crippen molar-refractivity contribution in [3.05, 3.63) is 39.8 Å². The van der Waals surface area contributed by atoms with Crippen LogP contribution in [0, 0.1) is 17.0 Å². The summed E-state index contributed by atoms with van der Waals surface area (Å²) in [6.07, 6.45) is -0.393. The summed E-state index contributed by atoms with van der Waals surface area (Å²) in [6, 6.07) is 4.77. The van der Waals surface area contributed by atoms with Gasteiger partial charge < -0.3 is 14.2 Å². The third-order valence-electron chi connectivity index (χ3n) is 3.77. The Morgan fingerprint density at radius 2 is 2.22 bits per heavy atom. The molecule has 9 nitrogen and oxygen atoms in total. The number of aromatic nitrogens is 2. The van der Waals surface area contributed by atoms with Gasteiger partial charge in [-0.15, -0.1) is 0 Å². The number of hydrogen-bond donors (Lipinski definition) is 0. The molecule has 3 rings (SSSR count). The molecule has 0 saturated carbocycles. The third-order valence-corrected chi connectivity index (χ3v) is 3.77. The zero-order valence-electron chi connectivity index (χ0n) is 12.6. The first-order chi connectivity index (χ1) is 11.0. The number of benzene rings is 1. The second-order valence-corrected chi connectivity index (χ2v) is 5.29. The quantitative estimate of drug-likeness (QED) is 0.629. The molecule has 0 bridgehead atoms. The number of nitrogens with zero attached hydrogens (tertiary/aromatic N) is 4. The minimum absolute atomic E-state index is 0.00867. The normalized spacial score (nSPS) is 14.4. The maximum atomic E-state index is 11.3. The molecule has 1 aliphatic rings. The van der Waals surface area contributed by atoms with E-state index in [0.29, 0.717) is 35.9 Å². The van der Waals surface area contributed by atoms with Crippen molar-refractivity contribution >= 4 is 11.8 Å². The monoisotopic (exact) mass is 318 g/mol. The molecular weight excluding hydrogens is 304 g/mol. The van der Waals surface area contributed by atoms with Crippen molar-refractivity contribution in [3.8, 4) is 11.4 Å². The van der Waals surface area contributed by atoms with Gasteiger partial charge >= 0.3 is 6.09 Å². The Kier molecular flexibility index (Phi) is 3.68. The third kappa shape index (κ3) is 2.72. The lowest BCUT2D eigenvalue weighted by atomic mass is 10.0. The smallest absolute Gasteiger partial charge is 0.409 e. The predicted octanol–water partition coefficient (Wildman–Crippen LogP) is 2.12. The number of carbonyl (C=O) groups excluding carboxylic acids is 1. The number of hydrogen-bond acceptors (Lipinski definition) is 7. The first kappa shape index (κ1) is 14.9. The van der Waals surface area contributed by atoms with Crippen molar-refractivity contribution in [1.82, 2.24) is 15.0 Å². The Bertz CT molecular complexity index is 766. The van der Waals surface area contributed by atoms with Crippen LogP contribution in [0.4, 0.5) is 10.5 Å². The Morgan fingerprint density at radius 3 is 2.87 bits per heavy atom. The number of nitro benzene ring substituents is 1. The van der Waals surface area contributed by atoms with E-state index in [-0.39, 0.29) is 11.6 Å². The maximum absolute atomic E-state index is 11.3. The number of ether oxygens (including phenoxy) is 1. The van der Waals surface area contributed by atoms with E-state index in [1.807, 2.05) is 0 Å². The molecule has 23 heavy (non-hydrogen) atoms. The maximum Gasteiger partial charge on any atom is 0.409 e. The molecule has 1 fully saturated rings. The van der Waals surface area contributed by atoms with E-state index in [1.165, 1.54) is 18.1 Å².